The molecule has 1 aromatic rings. The lowest BCUT2D eigenvalue weighted by molar-refractivity contribution is 0.139. The predicted octanol–water partition coefficient (Wildman–Crippen LogP) is 2.39. The van der Waals surface area contributed by atoms with E-state index in [9.17, 15) is 13.2 Å². The monoisotopic (exact) mass is 225 g/mol. The number of nitrogens with zero attached hydrogens (tertiary/aromatic N) is 1. The van der Waals surface area contributed by atoms with Crippen molar-refractivity contribution in [3.63, 3.8) is 0 Å². The Morgan fingerprint density at radius 3 is 2.57 bits per heavy atom. The standard InChI is InChI=1S/C8H7ClF3NO/c9-2-4-1-5(10)7(8(11)12)13-6(4)3-14/h1,8,14H,2-3H2. The summed E-state index contributed by atoms with van der Waals surface area (Å²) in [6.07, 6.45) is -3.00. The van der Waals surface area contributed by atoms with Crippen LogP contribution < -0.4 is 0 Å². The quantitative estimate of drug-likeness (QED) is 0.802. The Bertz CT molecular complexity index is 333. The Morgan fingerprint density at radius 1 is 1.50 bits per heavy atom. The molecule has 0 unspecified atom stereocenters. The minimum absolute atomic E-state index is 0.0169. The first kappa shape index (κ1) is 11.3. The summed E-state index contributed by atoms with van der Waals surface area (Å²) in [5.41, 5.74) is -0.754. The first-order chi connectivity index (χ1) is 6.60. The fourth-order valence-corrected chi connectivity index (χ4v) is 1.22. The van der Waals surface area contributed by atoms with Crippen molar-refractivity contribution < 1.29 is 18.3 Å². The second kappa shape index (κ2) is 4.61. The summed E-state index contributed by atoms with van der Waals surface area (Å²) in [7, 11) is 0. The van der Waals surface area contributed by atoms with Gasteiger partial charge in [0.25, 0.3) is 6.43 Å². The highest BCUT2D eigenvalue weighted by molar-refractivity contribution is 6.17. The van der Waals surface area contributed by atoms with Crippen LogP contribution in [0.5, 0.6) is 0 Å². The van der Waals surface area contributed by atoms with E-state index in [1.165, 1.54) is 0 Å². The molecule has 0 saturated carbocycles. The van der Waals surface area contributed by atoms with Gasteiger partial charge in [0.05, 0.1) is 12.3 Å². The topological polar surface area (TPSA) is 33.1 Å². The highest BCUT2D eigenvalue weighted by atomic mass is 35.5. The average molecular weight is 226 g/mol. The van der Waals surface area contributed by atoms with Gasteiger partial charge < -0.3 is 5.11 Å². The van der Waals surface area contributed by atoms with Crippen molar-refractivity contribution in [1.82, 2.24) is 4.98 Å². The van der Waals surface area contributed by atoms with Gasteiger partial charge in [-0.1, -0.05) is 0 Å². The molecule has 78 valence electrons. The van der Waals surface area contributed by atoms with Crippen LogP contribution >= 0.6 is 11.6 Å². The van der Waals surface area contributed by atoms with E-state index >= 15 is 0 Å². The summed E-state index contributed by atoms with van der Waals surface area (Å²) in [5.74, 6) is -1.18. The van der Waals surface area contributed by atoms with E-state index in [1.807, 2.05) is 0 Å². The molecule has 0 amide bonds. The van der Waals surface area contributed by atoms with E-state index in [-0.39, 0.29) is 17.1 Å². The van der Waals surface area contributed by atoms with Crippen molar-refractivity contribution in [2.45, 2.75) is 18.9 Å². The van der Waals surface area contributed by atoms with E-state index < -0.39 is 24.5 Å². The Morgan fingerprint density at radius 2 is 2.14 bits per heavy atom. The lowest BCUT2D eigenvalue weighted by Gasteiger charge is -2.07. The van der Waals surface area contributed by atoms with Gasteiger partial charge in [-0.05, 0) is 11.6 Å². The summed E-state index contributed by atoms with van der Waals surface area (Å²) in [5, 5.41) is 8.76. The van der Waals surface area contributed by atoms with Crippen molar-refractivity contribution in [2.24, 2.45) is 0 Å². The van der Waals surface area contributed by atoms with E-state index in [0.29, 0.717) is 0 Å². The number of hydrogen-bond acceptors (Lipinski definition) is 2. The molecule has 2 nitrogen and oxygen atoms in total. The molecule has 0 bridgehead atoms. The van der Waals surface area contributed by atoms with E-state index in [2.05, 4.69) is 4.98 Å². The lowest BCUT2D eigenvalue weighted by atomic mass is 10.2. The van der Waals surface area contributed by atoms with Gasteiger partial charge in [-0.25, -0.2) is 18.2 Å². The third-order valence-corrected chi connectivity index (χ3v) is 1.96. The minimum atomic E-state index is -3.00. The van der Waals surface area contributed by atoms with Crippen LogP contribution in [0, 0.1) is 5.82 Å². The van der Waals surface area contributed by atoms with Crippen LogP contribution in [0.15, 0.2) is 6.07 Å². The summed E-state index contributed by atoms with van der Waals surface area (Å²) in [6.45, 7) is -0.540. The lowest BCUT2D eigenvalue weighted by Crippen LogP contribution is -2.04. The normalized spacial score (nSPS) is 11.0. The van der Waals surface area contributed by atoms with Crippen LogP contribution in [-0.4, -0.2) is 10.1 Å². The van der Waals surface area contributed by atoms with Crippen LogP contribution in [0.2, 0.25) is 0 Å². The van der Waals surface area contributed by atoms with Crippen molar-refractivity contribution in [3.05, 3.63) is 28.8 Å². The summed E-state index contributed by atoms with van der Waals surface area (Å²) >= 11 is 5.41. The number of rotatable bonds is 3. The molecule has 1 rings (SSSR count). The van der Waals surface area contributed by atoms with E-state index in [1.54, 1.807) is 0 Å². The smallest absolute Gasteiger partial charge is 0.283 e. The van der Waals surface area contributed by atoms with Crippen LogP contribution in [0.1, 0.15) is 23.4 Å². The molecule has 0 spiro atoms. The second-order valence-corrected chi connectivity index (χ2v) is 2.82. The van der Waals surface area contributed by atoms with Gasteiger partial charge in [0.1, 0.15) is 5.69 Å². The summed E-state index contributed by atoms with van der Waals surface area (Å²) < 4.78 is 37.2. The van der Waals surface area contributed by atoms with Gasteiger partial charge in [-0.15, -0.1) is 11.6 Å². The second-order valence-electron chi connectivity index (χ2n) is 2.55. The maximum atomic E-state index is 12.9. The summed E-state index contributed by atoms with van der Waals surface area (Å²) in [4.78, 5) is 3.30. The Labute approximate surface area is 83.3 Å². The number of aromatic nitrogens is 1. The largest absolute Gasteiger partial charge is 0.390 e. The van der Waals surface area contributed by atoms with Crippen molar-refractivity contribution in [1.29, 1.82) is 0 Å². The molecule has 1 aromatic heterocycles. The van der Waals surface area contributed by atoms with Gasteiger partial charge in [0.15, 0.2) is 5.82 Å². The number of alkyl halides is 3. The van der Waals surface area contributed by atoms with Crippen molar-refractivity contribution in [2.75, 3.05) is 0 Å². The zero-order valence-corrected chi connectivity index (χ0v) is 7.73. The maximum absolute atomic E-state index is 12.9. The Balaban J connectivity index is 3.23. The van der Waals surface area contributed by atoms with E-state index in [4.69, 9.17) is 16.7 Å². The predicted molar refractivity (Wildman–Crippen MR) is 44.6 cm³/mol. The third kappa shape index (κ3) is 2.16. The fraction of sp³-hybridized carbons (Fsp3) is 0.375. The van der Waals surface area contributed by atoms with Gasteiger partial charge in [0, 0.05) is 5.88 Å². The van der Waals surface area contributed by atoms with Crippen LogP contribution in [0.25, 0.3) is 0 Å². The number of pyridine rings is 1. The molecule has 6 heteroatoms. The first-order valence-corrected chi connectivity index (χ1v) is 4.26. The van der Waals surface area contributed by atoms with Crippen LogP contribution in [0.4, 0.5) is 13.2 Å². The highest BCUT2D eigenvalue weighted by Gasteiger charge is 2.18. The van der Waals surface area contributed by atoms with Gasteiger partial charge in [-0.2, -0.15) is 0 Å². The minimum Gasteiger partial charge on any atom is -0.390 e. The molecule has 0 aliphatic heterocycles. The SMILES string of the molecule is OCc1nc(C(F)F)c(F)cc1CCl. The average Bonchev–Trinajstić information content (AvgIpc) is 2.16. The number of halogens is 4. The zero-order valence-electron chi connectivity index (χ0n) is 6.98. The van der Waals surface area contributed by atoms with Crippen LogP contribution in [-0.2, 0) is 12.5 Å². The van der Waals surface area contributed by atoms with Crippen LogP contribution in [0.3, 0.4) is 0 Å². The molecular formula is C8H7ClF3NO. The van der Waals surface area contributed by atoms with Crippen molar-refractivity contribution >= 4 is 11.6 Å². The molecule has 0 fully saturated rings. The molecule has 0 aliphatic rings. The molecule has 0 aliphatic carbocycles. The Hall–Kier alpha value is -0.810. The first-order valence-electron chi connectivity index (χ1n) is 3.73. The Kier molecular flexibility index (Phi) is 3.71. The van der Waals surface area contributed by atoms with Crippen molar-refractivity contribution in [3.8, 4) is 0 Å². The maximum Gasteiger partial charge on any atom is 0.283 e. The van der Waals surface area contributed by atoms with Gasteiger partial charge in [-0.3, -0.25) is 0 Å². The molecular weight excluding hydrogens is 219 g/mol. The molecule has 0 aromatic carbocycles. The molecule has 1 heterocycles. The molecule has 0 saturated heterocycles. The fourth-order valence-electron chi connectivity index (χ4n) is 0.986. The third-order valence-electron chi connectivity index (χ3n) is 1.67. The number of aliphatic hydroxyl groups is 1. The summed E-state index contributed by atoms with van der Waals surface area (Å²) in [6, 6.07) is 0.868. The van der Waals surface area contributed by atoms with Gasteiger partial charge in [0.2, 0.25) is 0 Å². The molecule has 14 heavy (non-hydrogen) atoms. The molecule has 0 atom stereocenters. The number of hydrogen-bond donors (Lipinski definition) is 1. The molecule has 1 N–H and O–H groups in total. The van der Waals surface area contributed by atoms with Gasteiger partial charge >= 0.3 is 0 Å². The van der Waals surface area contributed by atoms with E-state index in [0.717, 1.165) is 6.07 Å². The zero-order chi connectivity index (χ0) is 10.7. The number of aliphatic hydroxyl groups excluding tert-OH is 1. The molecule has 0 radical (unpaired) electrons. The highest BCUT2D eigenvalue weighted by Crippen LogP contribution is 2.22.